The summed E-state index contributed by atoms with van der Waals surface area (Å²) in [7, 11) is -8.20. The Hall–Kier alpha value is -3.12. The molecule has 0 unspecified atom stereocenters. The average Bonchev–Trinajstić information content (AvgIpc) is 2.84. The van der Waals surface area contributed by atoms with Crippen LogP contribution in [0.1, 0.15) is 27.9 Å². The van der Waals surface area contributed by atoms with Gasteiger partial charge in [-0.15, -0.1) is 4.13 Å². The van der Waals surface area contributed by atoms with Crippen LogP contribution in [0.4, 0.5) is 0 Å². The van der Waals surface area contributed by atoms with E-state index in [1.165, 1.54) is 28.8 Å². The van der Waals surface area contributed by atoms with E-state index in [0.717, 1.165) is 21.7 Å². The Bertz CT molecular complexity index is 1750. The van der Waals surface area contributed by atoms with Gasteiger partial charge in [0.25, 0.3) is 15.6 Å². The predicted octanol–water partition coefficient (Wildman–Crippen LogP) is 3.87. The van der Waals surface area contributed by atoms with E-state index in [4.69, 9.17) is 0 Å². The lowest BCUT2D eigenvalue weighted by Crippen LogP contribution is -2.29. The topological polar surface area (TPSA) is 119 Å². The third kappa shape index (κ3) is 6.61. The Morgan fingerprint density at radius 3 is 2.24 bits per heavy atom. The number of aryl methyl sites for hydroxylation is 1. The van der Waals surface area contributed by atoms with Crippen LogP contribution in [0.25, 0.3) is 10.8 Å². The van der Waals surface area contributed by atoms with Crippen molar-refractivity contribution in [3.05, 3.63) is 111 Å². The molecule has 11 heteroatoms. The first-order valence-electron chi connectivity index (χ1n) is 11.2. The number of nitrogens with one attached hydrogen (secondary N) is 1. The Morgan fingerprint density at radius 2 is 1.59 bits per heavy atom. The molecule has 37 heavy (non-hydrogen) atoms. The zero-order valence-electron chi connectivity index (χ0n) is 19.7. The number of carbonyl (C=O) groups is 1. The molecule has 0 radical (unpaired) electrons. The molecule has 0 spiro atoms. The Kier molecular flexibility index (Phi) is 7.79. The number of nitrogens with zero attached hydrogens (tertiary/aromatic N) is 1. The molecule has 1 heterocycles. The number of halogens is 1. The van der Waals surface area contributed by atoms with E-state index in [0.29, 0.717) is 22.9 Å². The maximum Gasteiger partial charge on any atom is 0.258 e. The molecule has 1 aromatic heterocycles. The van der Waals surface area contributed by atoms with Crippen molar-refractivity contribution in [3.63, 3.8) is 0 Å². The molecule has 0 bridgehead atoms. The molecule has 0 atom stereocenters. The summed E-state index contributed by atoms with van der Waals surface area (Å²) in [6, 6.07) is 20.0. The number of benzene rings is 3. The van der Waals surface area contributed by atoms with Gasteiger partial charge in [0.2, 0.25) is 10.0 Å². The van der Waals surface area contributed by atoms with Crippen molar-refractivity contribution in [2.75, 3.05) is 6.26 Å². The van der Waals surface area contributed by atoms with Crippen LogP contribution in [0.3, 0.4) is 0 Å². The first-order chi connectivity index (χ1) is 17.4. The molecule has 4 aromatic rings. The van der Waals surface area contributed by atoms with E-state index >= 15 is 0 Å². The van der Waals surface area contributed by atoms with Crippen LogP contribution in [-0.2, 0) is 33.0 Å². The van der Waals surface area contributed by atoms with Crippen LogP contribution in [0.5, 0.6) is 0 Å². The molecule has 0 saturated heterocycles. The number of rotatable bonds is 9. The van der Waals surface area contributed by atoms with E-state index in [9.17, 15) is 26.4 Å². The highest BCUT2D eigenvalue weighted by Crippen LogP contribution is 2.23. The summed E-state index contributed by atoms with van der Waals surface area (Å²) in [4.78, 5) is 25.7. The fourth-order valence-electron chi connectivity index (χ4n) is 3.99. The van der Waals surface area contributed by atoms with Crippen molar-refractivity contribution in [1.82, 2.24) is 8.69 Å². The first kappa shape index (κ1) is 26.9. The largest absolute Gasteiger partial charge is 0.310 e. The second kappa shape index (κ2) is 10.7. The SMILES string of the molecule is CS(=O)(=O)NS(=O)(=O)c1ccc(Cn2cc(CCC(=O)c3ccccc3)c3cc(Br)ccc3c2=O)cc1. The van der Waals surface area contributed by atoms with Gasteiger partial charge in [0.05, 0.1) is 17.7 Å². The Balaban J connectivity index is 1.65. The fraction of sp³-hybridized carbons (Fsp3) is 0.154. The second-order valence-corrected chi connectivity index (χ2v) is 13.2. The number of aromatic nitrogens is 1. The van der Waals surface area contributed by atoms with Crippen LogP contribution in [0, 0.1) is 0 Å². The van der Waals surface area contributed by atoms with Crippen LogP contribution >= 0.6 is 15.9 Å². The van der Waals surface area contributed by atoms with Gasteiger partial charge in [0.1, 0.15) is 0 Å². The third-order valence-electron chi connectivity index (χ3n) is 5.70. The van der Waals surface area contributed by atoms with Gasteiger partial charge in [0, 0.05) is 28.0 Å². The number of hydrogen-bond donors (Lipinski definition) is 1. The summed E-state index contributed by atoms with van der Waals surface area (Å²) in [5.74, 6) is 0.000924. The molecule has 0 saturated carbocycles. The van der Waals surface area contributed by atoms with Gasteiger partial charge in [-0.05, 0) is 53.3 Å². The summed E-state index contributed by atoms with van der Waals surface area (Å²) in [5.41, 5.74) is 1.87. The first-order valence-corrected chi connectivity index (χ1v) is 15.3. The van der Waals surface area contributed by atoms with Crippen LogP contribution in [0.15, 0.2) is 93.2 Å². The molecule has 0 aliphatic carbocycles. The number of pyridine rings is 1. The number of ketones is 1. The minimum Gasteiger partial charge on any atom is -0.310 e. The smallest absolute Gasteiger partial charge is 0.258 e. The van der Waals surface area contributed by atoms with Gasteiger partial charge in [-0.3, -0.25) is 9.59 Å². The molecule has 0 aliphatic rings. The highest BCUT2D eigenvalue weighted by molar-refractivity contribution is 9.10. The zero-order valence-corrected chi connectivity index (χ0v) is 22.9. The maximum atomic E-state index is 13.2. The van der Waals surface area contributed by atoms with Crippen LogP contribution in [0.2, 0.25) is 0 Å². The summed E-state index contributed by atoms with van der Waals surface area (Å²) in [5, 5.41) is 1.26. The number of carbonyl (C=O) groups excluding carboxylic acids is 1. The van der Waals surface area contributed by atoms with E-state index in [-0.39, 0.29) is 29.2 Å². The molecule has 192 valence electrons. The Morgan fingerprint density at radius 1 is 0.919 bits per heavy atom. The van der Waals surface area contributed by atoms with Gasteiger partial charge >= 0.3 is 0 Å². The molecule has 0 aliphatic heterocycles. The third-order valence-corrected chi connectivity index (χ3v) is 9.17. The maximum absolute atomic E-state index is 13.2. The summed E-state index contributed by atoms with van der Waals surface area (Å²) >= 11 is 3.45. The normalized spacial score (nSPS) is 12.1. The van der Waals surface area contributed by atoms with Gasteiger partial charge in [-0.25, -0.2) is 16.8 Å². The van der Waals surface area contributed by atoms with E-state index in [1.807, 2.05) is 24.3 Å². The minimum absolute atomic E-state index is 0.000924. The lowest BCUT2D eigenvalue weighted by Gasteiger charge is -2.13. The molecule has 4 rings (SSSR count). The van der Waals surface area contributed by atoms with E-state index in [2.05, 4.69) is 15.9 Å². The van der Waals surface area contributed by atoms with Crippen molar-refractivity contribution in [1.29, 1.82) is 0 Å². The lowest BCUT2D eigenvalue weighted by atomic mass is 9.99. The molecule has 0 amide bonds. The molecule has 8 nitrogen and oxygen atoms in total. The summed E-state index contributed by atoms with van der Waals surface area (Å²) in [6.07, 6.45) is 3.18. The monoisotopic (exact) mass is 602 g/mol. The number of Topliss-reactive ketones (excluding diaryl/α,β-unsaturated/α-hetero) is 1. The average molecular weight is 604 g/mol. The second-order valence-electron chi connectivity index (χ2n) is 8.57. The number of sulfonamides is 2. The number of fused-ring (bicyclic) bond motifs is 1. The molecular formula is C26H23BrN2O6S2. The van der Waals surface area contributed by atoms with Crippen molar-refractivity contribution in [3.8, 4) is 0 Å². The van der Waals surface area contributed by atoms with Crippen molar-refractivity contribution >= 4 is 52.5 Å². The van der Waals surface area contributed by atoms with Gasteiger partial charge in [0.15, 0.2) is 5.78 Å². The van der Waals surface area contributed by atoms with E-state index < -0.39 is 20.0 Å². The lowest BCUT2D eigenvalue weighted by molar-refractivity contribution is 0.0983. The fourth-order valence-corrected chi connectivity index (χ4v) is 6.83. The van der Waals surface area contributed by atoms with Crippen molar-refractivity contribution in [2.45, 2.75) is 24.3 Å². The zero-order chi connectivity index (χ0) is 26.8. The molecule has 1 N–H and O–H groups in total. The summed E-state index contributed by atoms with van der Waals surface area (Å²) < 4.78 is 51.1. The quantitative estimate of drug-likeness (QED) is 0.290. The Labute approximate surface area is 223 Å². The highest BCUT2D eigenvalue weighted by atomic mass is 79.9. The molecular weight excluding hydrogens is 580 g/mol. The van der Waals surface area contributed by atoms with E-state index in [1.54, 1.807) is 34.6 Å². The van der Waals surface area contributed by atoms with Crippen molar-refractivity contribution < 1.29 is 21.6 Å². The predicted molar refractivity (Wildman–Crippen MR) is 146 cm³/mol. The van der Waals surface area contributed by atoms with Crippen LogP contribution in [-0.4, -0.2) is 33.4 Å². The van der Waals surface area contributed by atoms with Crippen LogP contribution < -0.4 is 9.69 Å². The van der Waals surface area contributed by atoms with Crippen molar-refractivity contribution in [2.24, 2.45) is 0 Å². The van der Waals surface area contributed by atoms with Gasteiger partial charge in [-0.1, -0.05) is 58.4 Å². The minimum atomic E-state index is -4.24. The molecule has 0 fully saturated rings. The van der Waals surface area contributed by atoms with Gasteiger partial charge in [-0.2, -0.15) is 0 Å². The summed E-state index contributed by atoms with van der Waals surface area (Å²) in [6.45, 7) is 0.157. The standard InChI is InChI=1S/C26H23BrN2O6S2/c1-36(32,33)28-37(34,35)22-11-7-18(8-12-22)16-29-17-20(9-14-25(30)19-5-3-2-4-6-19)24-15-21(27)10-13-23(24)26(29)31/h2-8,10-13,15,17,28H,9,14,16H2,1H3. The highest BCUT2D eigenvalue weighted by Gasteiger charge is 2.19. The number of hydrogen-bond acceptors (Lipinski definition) is 6. The molecule has 3 aromatic carbocycles. The van der Waals surface area contributed by atoms with Gasteiger partial charge < -0.3 is 4.57 Å².